The molecule has 1 aromatic rings. The van der Waals surface area contributed by atoms with Crippen molar-refractivity contribution < 1.29 is 14.7 Å². The van der Waals surface area contributed by atoms with Crippen molar-refractivity contribution in [2.45, 2.75) is 51.5 Å². The number of carbonyl (C=O) groups excluding carboxylic acids is 1. The van der Waals surface area contributed by atoms with Crippen LogP contribution in [-0.4, -0.2) is 23.0 Å². The normalized spacial score (nSPS) is 22.3. The molecule has 1 aliphatic carbocycles. The summed E-state index contributed by atoms with van der Waals surface area (Å²) < 4.78 is 0. The molecule has 1 aliphatic rings. The highest BCUT2D eigenvalue weighted by Crippen LogP contribution is 2.24. The number of benzene rings is 1. The summed E-state index contributed by atoms with van der Waals surface area (Å²) in [5.41, 5.74) is 1.66. The highest BCUT2D eigenvalue weighted by molar-refractivity contribution is 5.96. The van der Waals surface area contributed by atoms with Crippen LogP contribution in [0.4, 0.5) is 0 Å². The Morgan fingerprint density at radius 3 is 2.62 bits per heavy atom. The van der Waals surface area contributed by atoms with Crippen LogP contribution < -0.4 is 5.32 Å². The third-order valence-corrected chi connectivity index (χ3v) is 4.29. The van der Waals surface area contributed by atoms with Crippen LogP contribution in [0.3, 0.4) is 0 Å². The summed E-state index contributed by atoms with van der Waals surface area (Å²) in [5.74, 6) is -1.41. The van der Waals surface area contributed by atoms with Gasteiger partial charge in [0.05, 0.1) is 5.92 Å². The molecule has 1 saturated carbocycles. The number of carboxylic acids is 1. The molecule has 0 unspecified atom stereocenters. The standard InChI is InChI=1S/C17H23NO3/c1-2-12-8-6-7-9-13(12)16(19)18-15-11-5-3-4-10-14(15)17(20)21/h6-9,14-15H,2-5,10-11H2,1H3,(H,18,19)(H,20,21)/t14-,15+/m1/s1. The lowest BCUT2D eigenvalue weighted by Gasteiger charge is -2.23. The van der Waals surface area contributed by atoms with E-state index in [1.54, 1.807) is 6.07 Å². The van der Waals surface area contributed by atoms with E-state index in [0.29, 0.717) is 12.0 Å². The zero-order valence-electron chi connectivity index (χ0n) is 12.5. The molecule has 1 fully saturated rings. The van der Waals surface area contributed by atoms with E-state index in [1.807, 2.05) is 25.1 Å². The van der Waals surface area contributed by atoms with Crippen molar-refractivity contribution in [2.24, 2.45) is 5.92 Å². The molecule has 1 amide bonds. The summed E-state index contributed by atoms with van der Waals surface area (Å²) in [6.07, 6.45) is 5.13. The summed E-state index contributed by atoms with van der Waals surface area (Å²) in [6, 6.07) is 7.25. The lowest BCUT2D eigenvalue weighted by atomic mass is 9.94. The molecule has 4 heteroatoms. The molecule has 1 aromatic carbocycles. The third kappa shape index (κ3) is 3.84. The van der Waals surface area contributed by atoms with E-state index >= 15 is 0 Å². The predicted molar refractivity (Wildman–Crippen MR) is 81.3 cm³/mol. The Morgan fingerprint density at radius 2 is 1.90 bits per heavy atom. The van der Waals surface area contributed by atoms with Crippen LogP contribution in [0.1, 0.15) is 54.9 Å². The van der Waals surface area contributed by atoms with Gasteiger partial charge in [0.1, 0.15) is 0 Å². The molecule has 21 heavy (non-hydrogen) atoms. The van der Waals surface area contributed by atoms with Gasteiger partial charge >= 0.3 is 5.97 Å². The number of hydrogen-bond donors (Lipinski definition) is 2. The van der Waals surface area contributed by atoms with Crippen LogP contribution in [0.2, 0.25) is 0 Å². The molecular formula is C17H23NO3. The van der Waals surface area contributed by atoms with Crippen molar-refractivity contribution in [3.63, 3.8) is 0 Å². The second kappa shape index (κ2) is 7.25. The molecule has 2 atom stereocenters. The maximum Gasteiger partial charge on any atom is 0.308 e. The second-order valence-corrected chi connectivity index (χ2v) is 5.67. The summed E-state index contributed by atoms with van der Waals surface area (Å²) >= 11 is 0. The largest absolute Gasteiger partial charge is 0.481 e. The number of amides is 1. The molecule has 0 aliphatic heterocycles. The minimum absolute atomic E-state index is 0.148. The number of carbonyl (C=O) groups is 2. The first-order valence-electron chi connectivity index (χ1n) is 7.75. The van der Waals surface area contributed by atoms with Crippen LogP contribution in [0, 0.1) is 5.92 Å². The third-order valence-electron chi connectivity index (χ3n) is 4.29. The average molecular weight is 289 g/mol. The Bertz CT molecular complexity index is 513. The smallest absolute Gasteiger partial charge is 0.308 e. The quantitative estimate of drug-likeness (QED) is 0.837. The van der Waals surface area contributed by atoms with E-state index in [4.69, 9.17) is 0 Å². The molecule has 0 bridgehead atoms. The fraction of sp³-hybridized carbons (Fsp3) is 0.529. The zero-order valence-corrected chi connectivity index (χ0v) is 12.5. The highest BCUT2D eigenvalue weighted by atomic mass is 16.4. The summed E-state index contributed by atoms with van der Waals surface area (Å²) in [7, 11) is 0. The van der Waals surface area contributed by atoms with E-state index in [-0.39, 0.29) is 11.9 Å². The van der Waals surface area contributed by atoms with E-state index in [9.17, 15) is 14.7 Å². The first-order chi connectivity index (χ1) is 10.1. The van der Waals surface area contributed by atoms with Gasteiger partial charge in [0.15, 0.2) is 0 Å². The molecule has 2 rings (SSSR count). The molecule has 114 valence electrons. The first kappa shape index (κ1) is 15.5. The van der Waals surface area contributed by atoms with Gasteiger partial charge in [-0.1, -0.05) is 44.4 Å². The van der Waals surface area contributed by atoms with E-state index < -0.39 is 11.9 Å². The van der Waals surface area contributed by atoms with Gasteiger partial charge in [-0.3, -0.25) is 9.59 Å². The minimum atomic E-state index is -0.800. The summed E-state index contributed by atoms with van der Waals surface area (Å²) in [5, 5.41) is 12.3. The molecule has 2 N–H and O–H groups in total. The lowest BCUT2D eigenvalue weighted by Crippen LogP contribution is -2.43. The van der Waals surface area contributed by atoms with Crippen molar-refractivity contribution in [1.82, 2.24) is 5.32 Å². The fourth-order valence-corrected chi connectivity index (χ4v) is 3.07. The van der Waals surface area contributed by atoms with Crippen LogP contribution in [-0.2, 0) is 11.2 Å². The Morgan fingerprint density at radius 1 is 1.19 bits per heavy atom. The van der Waals surface area contributed by atoms with Crippen molar-refractivity contribution >= 4 is 11.9 Å². The number of rotatable bonds is 4. The zero-order chi connectivity index (χ0) is 15.2. The van der Waals surface area contributed by atoms with Crippen LogP contribution in [0.5, 0.6) is 0 Å². The van der Waals surface area contributed by atoms with Crippen molar-refractivity contribution in [3.8, 4) is 0 Å². The van der Waals surface area contributed by atoms with Gasteiger partial charge in [0.2, 0.25) is 0 Å². The highest BCUT2D eigenvalue weighted by Gasteiger charge is 2.31. The summed E-state index contributed by atoms with van der Waals surface area (Å²) in [6.45, 7) is 2.01. The number of aliphatic carboxylic acids is 1. The Hall–Kier alpha value is -1.84. The molecular weight excluding hydrogens is 266 g/mol. The SMILES string of the molecule is CCc1ccccc1C(=O)N[C@H]1CCCCC[C@H]1C(=O)O. The monoisotopic (exact) mass is 289 g/mol. The van der Waals surface area contributed by atoms with Crippen LogP contribution in [0.25, 0.3) is 0 Å². The Balaban J connectivity index is 2.14. The van der Waals surface area contributed by atoms with Crippen molar-refractivity contribution in [1.29, 1.82) is 0 Å². The van der Waals surface area contributed by atoms with Gasteiger partial charge in [-0.2, -0.15) is 0 Å². The molecule has 0 spiro atoms. The van der Waals surface area contributed by atoms with Gasteiger partial charge in [0, 0.05) is 11.6 Å². The van der Waals surface area contributed by atoms with E-state index in [1.165, 1.54) is 0 Å². The molecule has 0 heterocycles. The maximum absolute atomic E-state index is 12.5. The van der Waals surface area contributed by atoms with E-state index in [2.05, 4.69) is 5.32 Å². The molecule has 0 saturated heterocycles. The van der Waals surface area contributed by atoms with Gasteiger partial charge in [0.25, 0.3) is 5.91 Å². The minimum Gasteiger partial charge on any atom is -0.481 e. The van der Waals surface area contributed by atoms with Crippen molar-refractivity contribution in [3.05, 3.63) is 35.4 Å². The Labute approximate surface area is 125 Å². The first-order valence-corrected chi connectivity index (χ1v) is 7.75. The maximum atomic E-state index is 12.5. The van der Waals surface area contributed by atoms with Gasteiger partial charge < -0.3 is 10.4 Å². The number of nitrogens with one attached hydrogen (secondary N) is 1. The van der Waals surface area contributed by atoms with Crippen molar-refractivity contribution in [2.75, 3.05) is 0 Å². The van der Waals surface area contributed by atoms with Gasteiger partial charge in [-0.15, -0.1) is 0 Å². The van der Waals surface area contributed by atoms with E-state index in [0.717, 1.165) is 37.7 Å². The number of aryl methyl sites for hydroxylation is 1. The number of hydrogen-bond acceptors (Lipinski definition) is 2. The predicted octanol–water partition coefficient (Wildman–Crippen LogP) is 3.01. The van der Waals surface area contributed by atoms with Gasteiger partial charge in [-0.05, 0) is 30.9 Å². The Kier molecular flexibility index (Phi) is 5.37. The average Bonchev–Trinajstić information content (AvgIpc) is 2.72. The van der Waals surface area contributed by atoms with Gasteiger partial charge in [-0.25, -0.2) is 0 Å². The second-order valence-electron chi connectivity index (χ2n) is 5.67. The summed E-state index contributed by atoms with van der Waals surface area (Å²) in [4.78, 5) is 23.9. The molecule has 0 radical (unpaired) electrons. The molecule has 4 nitrogen and oxygen atoms in total. The number of carboxylic acid groups (broad SMARTS) is 1. The molecule has 0 aromatic heterocycles. The fourth-order valence-electron chi connectivity index (χ4n) is 3.07. The topological polar surface area (TPSA) is 66.4 Å². The lowest BCUT2D eigenvalue weighted by molar-refractivity contribution is -0.142. The van der Waals surface area contributed by atoms with Crippen LogP contribution in [0.15, 0.2) is 24.3 Å². The van der Waals surface area contributed by atoms with Crippen LogP contribution >= 0.6 is 0 Å².